The van der Waals surface area contributed by atoms with Gasteiger partial charge in [0.15, 0.2) is 0 Å². The number of aromatic nitrogens is 2. The van der Waals surface area contributed by atoms with Crippen LogP contribution in [0.4, 0.5) is 11.6 Å². The third kappa shape index (κ3) is 2.13. The maximum atomic E-state index is 5.43. The van der Waals surface area contributed by atoms with Crippen molar-refractivity contribution in [3.63, 3.8) is 0 Å². The molecule has 6 nitrogen and oxygen atoms in total. The minimum absolute atomic E-state index is 0.190. The van der Waals surface area contributed by atoms with Gasteiger partial charge in [-0.15, -0.1) is 11.3 Å². The first kappa shape index (κ1) is 9.66. The molecule has 2 aromatic heterocycles. The Kier molecular flexibility index (Phi) is 2.64. The summed E-state index contributed by atoms with van der Waals surface area (Å²) in [7, 11) is 0. The number of thiophene rings is 1. The second kappa shape index (κ2) is 4.09. The van der Waals surface area contributed by atoms with Crippen LogP contribution in [0.1, 0.15) is 10.4 Å². The van der Waals surface area contributed by atoms with Gasteiger partial charge in [0.05, 0.1) is 6.21 Å². The van der Waals surface area contributed by atoms with Gasteiger partial charge < -0.3 is 5.73 Å². The van der Waals surface area contributed by atoms with E-state index >= 15 is 0 Å². The molecule has 0 spiro atoms. The van der Waals surface area contributed by atoms with Crippen molar-refractivity contribution in [2.24, 2.45) is 5.10 Å². The number of nitrogen functional groups attached to an aromatic ring is 1. The monoisotopic (exact) mass is 223 g/mol. The molecule has 3 N–H and O–H groups in total. The van der Waals surface area contributed by atoms with Crippen molar-refractivity contribution in [3.05, 3.63) is 21.9 Å². The third-order valence-corrected chi connectivity index (χ3v) is 2.72. The largest absolute Gasteiger partial charge is 0.378 e. The van der Waals surface area contributed by atoms with Crippen LogP contribution in [0.15, 0.2) is 21.2 Å². The van der Waals surface area contributed by atoms with Crippen molar-refractivity contribution >= 4 is 29.2 Å². The van der Waals surface area contributed by atoms with Crippen LogP contribution in [-0.4, -0.2) is 16.5 Å². The maximum absolute atomic E-state index is 5.43. The van der Waals surface area contributed by atoms with Gasteiger partial charge in [-0.1, -0.05) is 0 Å². The fourth-order valence-corrected chi connectivity index (χ4v) is 1.73. The molecule has 2 aromatic rings. The van der Waals surface area contributed by atoms with Crippen LogP contribution in [0.3, 0.4) is 0 Å². The Hall–Kier alpha value is -1.89. The maximum Gasteiger partial charge on any atom is 0.235 e. The van der Waals surface area contributed by atoms with Gasteiger partial charge in [-0.05, 0) is 34.2 Å². The zero-order valence-corrected chi connectivity index (χ0v) is 8.78. The highest BCUT2D eigenvalue weighted by molar-refractivity contribution is 7.11. The van der Waals surface area contributed by atoms with E-state index in [2.05, 4.69) is 25.5 Å². The van der Waals surface area contributed by atoms with Crippen LogP contribution >= 0.6 is 11.3 Å². The highest BCUT2D eigenvalue weighted by atomic mass is 32.1. The molecule has 2 rings (SSSR count). The number of aryl methyl sites for hydroxylation is 1. The lowest BCUT2D eigenvalue weighted by molar-refractivity contribution is 0.310. The predicted molar refractivity (Wildman–Crippen MR) is 59.0 cm³/mol. The fraction of sp³-hybridized carbons (Fsp3) is 0.125. The number of hydrogen-bond acceptors (Lipinski definition) is 7. The van der Waals surface area contributed by atoms with E-state index in [4.69, 9.17) is 5.73 Å². The number of hydrogen-bond donors (Lipinski definition) is 2. The van der Waals surface area contributed by atoms with Crippen LogP contribution in [0.2, 0.25) is 0 Å². The average molecular weight is 223 g/mol. The zero-order chi connectivity index (χ0) is 10.7. The summed E-state index contributed by atoms with van der Waals surface area (Å²) in [5.41, 5.74) is 9.25. The Morgan fingerprint density at radius 2 is 2.47 bits per heavy atom. The van der Waals surface area contributed by atoms with E-state index in [1.54, 1.807) is 17.6 Å². The van der Waals surface area contributed by atoms with Crippen molar-refractivity contribution in [1.82, 2.24) is 10.3 Å². The van der Waals surface area contributed by atoms with Crippen LogP contribution in [0.25, 0.3) is 0 Å². The van der Waals surface area contributed by atoms with Gasteiger partial charge in [-0.3, -0.25) is 5.43 Å². The molecular weight excluding hydrogens is 214 g/mol. The highest BCUT2D eigenvalue weighted by Crippen LogP contribution is 2.13. The summed E-state index contributed by atoms with van der Waals surface area (Å²) in [6, 6.07) is 2.03. The Balaban J connectivity index is 2.02. The lowest BCUT2D eigenvalue weighted by Gasteiger charge is -1.92. The Morgan fingerprint density at radius 3 is 3.07 bits per heavy atom. The molecular formula is C8H9N5OS. The topological polar surface area (TPSA) is 89.3 Å². The van der Waals surface area contributed by atoms with E-state index in [-0.39, 0.29) is 5.82 Å². The molecule has 0 aromatic carbocycles. The molecule has 7 heteroatoms. The first-order valence-corrected chi connectivity index (χ1v) is 5.06. The Labute approximate surface area is 89.8 Å². The van der Waals surface area contributed by atoms with E-state index in [0.717, 1.165) is 4.88 Å². The summed E-state index contributed by atoms with van der Waals surface area (Å²) in [4.78, 5) is 1.08. The molecule has 0 aliphatic carbocycles. The number of nitrogens with zero attached hydrogens (tertiary/aromatic N) is 3. The van der Waals surface area contributed by atoms with Gasteiger partial charge in [-0.2, -0.15) is 5.10 Å². The van der Waals surface area contributed by atoms with Crippen molar-refractivity contribution in [2.45, 2.75) is 6.92 Å². The summed E-state index contributed by atoms with van der Waals surface area (Å²) in [5.74, 6) is 0.510. The van der Waals surface area contributed by atoms with Crippen molar-refractivity contribution < 1.29 is 4.63 Å². The first-order chi connectivity index (χ1) is 7.27. The molecule has 0 aliphatic heterocycles. The van der Waals surface area contributed by atoms with E-state index in [1.807, 2.05) is 18.4 Å². The van der Waals surface area contributed by atoms with Gasteiger partial charge in [0.2, 0.25) is 11.6 Å². The summed E-state index contributed by atoms with van der Waals surface area (Å²) >= 11 is 1.61. The smallest absolute Gasteiger partial charge is 0.235 e. The predicted octanol–water partition coefficient (Wildman–Crippen LogP) is 1.47. The van der Waals surface area contributed by atoms with E-state index in [0.29, 0.717) is 5.82 Å². The number of anilines is 2. The molecule has 0 fully saturated rings. The first-order valence-electron chi connectivity index (χ1n) is 4.18. The molecule has 0 saturated heterocycles. The highest BCUT2D eigenvalue weighted by Gasteiger charge is 2.02. The SMILES string of the molecule is Cc1ccsc1/C=N\Nc1nonc1N. The van der Waals surface area contributed by atoms with Crippen molar-refractivity contribution in [2.75, 3.05) is 11.2 Å². The summed E-state index contributed by atoms with van der Waals surface area (Å²) < 4.78 is 4.40. The van der Waals surface area contributed by atoms with Gasteiger partial charge >= 0.3 is 0 Å². The number of nitrogens with one attached hydrogen (secondary N) is 1. The third-order valence-electron chi connectivity index (χ3n) is 1.77. The summed E-state index contributed by atoms with van der Waals surface area (Å²) in [5, 5.41) is 12.9. The molecule has 0 atom stereocenters. The van der Waals surface area contributed by atoms with Crippen LogP contribution in [0, 0.1) is 6.92 Å². The fourth-order valence-electron chi connectivity index (χ4n) is 0.942. The molecule has 15 heavy (non-hydrogen) atoms. The number of hydrazone groups is 1. The second-order valence-electron chi connectivity index (χ2n) is 2.84. The van der Waals surface area contributed by atoms with Gasteiger partial charge in [-0.25, -0.2) is 4.63 Å². The lowest BCUT2D eigenvalue weighted by Crippen LogP contribution is -1.95. The molecule has 0 aliphatic rings. The molecule has 0 radical (unpaired) electrons. The molecule has 2 heterocycles. The number of rotatable bonds is 3. The summed E-state index contributed by atoms with van der Waals surface area (Å²) in [6.07, 6.45) is 1.70. The quantitative estimate of drug-likeness (QED) is 0.607. The van der Waals surface area contributed by atoms with Gasteiger partial charge in [0.25, 0.3) is 0 Å². The molecule has 78 valence electrons. The molecule has 0 unspecified atom stereocenters. The molecule has 0 amide bonds. The molecule has 0 bridgehead atoms. The minimum atomic E-state index is 0.190. The van der Waals surface area contributed by atoms with Crippen molar-refractivity contribution in [3.8, 4) is 0 Å². The van der Waals surface area contributed by atoms with E-state index in [9.17, 15) is 0 Å². The van der Waals surface area contributed by atoms with Crippen LogP contribution < -0.4 is 11.2 Å². The van der Waals surface area contributed by atoms with E-state index < -0.39 is 0 Å². The van der Waals surface area contributed by atoms with Crippen LogP contribution in [-0.2, 0) is 0 Å². The summed E-state index contributed by atoms with van der Waals surface area (Å²) in [6.45, 7) is 2.02. The van der Waals surface area contributed by atoms with Crippen LogP contribution in [0.5, 0.6) is 0 Å². The Morgan fingerprint density at radius 1 is 1.60 bits per heavy atom. The standard InChI is InChI=1S/C8H9N5OS/c1-5-2-3-15-6(5)4-10-11-8-7(9)12-14-13-8/h2-4H,1H3,(H2,9,12)(H,11,13)/b10-4-. The van der Waals surface area contributed by atoms with Gasteiger partial charge in [0.1, 0.15) is 0 Å². The average Bonchev–Trinajstić information content (AvgIpc) is 2.78. The lowest BCUT2D eigenvalue weighted by atomic mass is 10.3. The normalized spacial score (nSPS) is 11.0. The van der Waals surface area contributed by atoms with Gasteiger partial charge in [0, 0.05) is 4.88 Å². The second-order valence-corrected chi connectivity index (χ2v) is 3.78. The number of nitrogens with two attached hydrogens (primary N) is 1. The van der Waals surface area contributed by atoms with E-state index in [1.165, 1.54) is 5.56 Å². The molecule has 0 saturated carbocycles. The Bertz CT molecular complexity index is 475. The zero-order valence-electron chi connectivity index (χ0n) is 7.97. The minimum Gasteiger partial charge on any atom is -0.378 e. The van der Waals surface area contributed by atoms with Crippen molar-refractivity contribution in [1.29, 1.82) is 0 Å².